The summed E-state index contributed by atoms with van der Waals surface area (Å²) in [5.74, 6) is -0.209. The number of thiazole rings is 1. The van der Waals surface area contributed by atoms with Gasteiger partial charge in [-0.25, -0.2) is 4.98 Å². The molecule has 0 aliphatic carbocycles. The summed E-state index contributed by atoms with van der Waals surface area (Å²) in [6.07, 6.45) is 1.79. The Hall–Kier alpha value is -0.940. The first-order chi connectivity index (χ1) is 6.43. The quantitative estimate of drug-likeness (QED) is 0.779. The third-order valence-electron chi connectivity index (χ3n) is 1.68. The predicted octanol–water partition coefficient (Wildman–Crippen LogP) is 1.34. The molecule has 78 valence electrons. The number of amides is 1. The molecule has 0 aliphatic heterocycles. The molecule has 0 atom stereocenters. The number of rotatable bonds is 2. The van der Waals surface area contributed by atoms with E-state index in [0.29, 0.717) is 5.13 Å². The van der Waals surface area contributed by atoms with Gasteiger partial charge in [0.1, 0.15) is 0 Å². The average Bonchev–Trinajstić information content (AvgIpc) is 2.51. The van der Waals surface area contributed by atoms with Gasteiger partial charge in [-0.3, -0.25) is 4.79 Å². The Morgan fingerprint density at radius 2 is 2.29 bits per heavy atom. The second-order valence-electron chi connectivity index (χ2n) is 4.03. The fourth-order valence-corrected chi connectivity index (χ4v) is 1.74. The maximum atomic E-state index is 11.0. The Morgan fingerprint density at radius 3 is 2.71 bits per heavy atom. The Kier molecular flexibility index (Phi) is 3.23. The molecule has 0 unspecified atom stereocenters. The molecular formula is C9H15N3OS. The van der Waals surface area contributed by atoms with Crippen molar-refractivity contribution < 1.29 is 4.79 Å². The molecule has 1 aromatic heterocycles. The van der Waals surface area contributed by atoms with Crippen LogP contribution in [0.2, 0.25) is 0 Å². The van der Waals surface area contributed by atoms with Gasteiger partial charge in [0.25, 0.3) is 0 Å². The largest absolute Gasteiger partial charge is 0.322 e. The summed E-state index contributed by atoms with van der Waals surface area (Å²) in [6.45, 7) is 6.31. The highest BCUT2D eigenvalue weighted by Crippen LogP contribution is 2.29. The summed E-state index contributed by atoms with van der Waals surface area (Å²) >= 11 is 1.48. The van der Waals surface area contributed by atoms with Crippen molar-refractivity contribution in [3.63, 3.8) is 0 Å². The molecular weight excluding hydrogens is 198 g/mol. The zero-order valence-corrected chi connectivity index (χ0v) is 9.44. The number of carbonyl (C=O) groups is 1. The lowest BCUT2D eigenvalue weighted by molar-refractivity contribution is -0.114. The average molecular weight is 213 g/mol. The first kappa shape index (κ1) is 11.1. The second-order valence-corrected chi connectivity index (χ2v) is 5.06. The summed E-state index contributed by atoms with van der Waals surface area (Å²) in [7, 11) is 0. The summed E-state index contributed by atoms with van der Waals surface area (Å²) in [5.41, 5.74) is 5.25. The van der Waals surface area contributed by atoms with Gasteiger partial charge in [0.05, 0.1) is 6.54 Å². The minimum absolute atomic E-state index is 0.00949. The summed E-state index contributed by atoms with van der Waals surface area (Å²) in [5, 5.41) is 3.24. The van der Waals surface area contributed by atoms with E-state index in [-0.39, 0.29) is 17.9 Å². The van der Waals surface area contributed by atoms with Crippen molar-refractivity contribution in [1.29, 1.82) is 0 Å². The Balaban J connectivity index is 2.74. The molecule has 0 spiro atoms. The van der Waals surface area contributed by atoms with E-state index in [9.17, 15) is 4.79 Å². The number of nitrogens with one attached hydrogen (secondary N) is 1. The first-order valence-corrected chi connectivity index (χ1v) is 5.21. The van der Waals surface area contributed by atoms with Crippen molar-refractivity contribution in [1.82, 2.24) is 4.98 Å². The molecule has 1 amide bonds. The van der Waals surface area contributed by atoms with Crippen LogP contribution in [0, 0.1) is 0 Å². The second kappa shape index (κ2) is 4.06. The van der Waals surface area contributed by atoms with Crippen LogP contribution in [0.25, 0.3) is 0 Å². The topological polar surface area (TPSA) is 68.0 Å². The van der Waals surface area contributed by atoms with E-state index in [0.717, 1.165) is 4.88 Å². The molecule has 3 N–H and O–H groups in total. The van der Waals surface area contributed by atoms with E-state index in [4.69, 9.17) is 5.73 Å². The van der Waals surface area contributed by atoms with Gasteiger partial charge < -0.3 is 11.1 Å². The highest BCUT2D eigenvalue weighted by molar-refractivity contribution is 7.15. The van der Waals surface area contributed by atoms with Gasteiger partial charge in [-0.05, 0) is 5.41 Å². The van der Waals surface area contributed by atoms with Crippen molar-refractivity contribution in [3.8, 4) is 0 Å². The normalized spacial score (nSPS) is 11.4. The molecule has 1 aromatic rings. The molecule has 0 saturated carbocycles. The van der Waals surface area contributed by atoms with Crippen LogP contribution in [0.15, 0.2) is 6.20 Å². The number of nitrogens with zero attached hydrogens (tertiary/aromatic N) is 1. The molecule has 0 bridgehead atoms. The number of aromatic nitrogens is 1. The highest BCUT2D eigenvalue weighted by atomic mass is 32.1. The van der Waals surface area contributed by atoms with Crippen LogP contribution in [0.3, 0.4) is 0 Å². The molecule has 0 aromatic carbocycles. The molecule has 4 nitrogen and oxygen atoms in total. The molecule has 0 saturated heterocycles. The van der Waals surface area contributed by atoms with E-state index in [1.807, 2.05) is 0 Å². The van der Waals surface area contributed by atoms with Gasteiger partial charge in [-0.2, -0.15) is 0 Å². The Bertz CT molecular complexity index is 327. The zero-order valence-electron chi connectivity index (χ0n) is 8.63. The lowest BCUT2D eigenvalue weighted by atomic mass is 9.96. The van der Waals surface area contributed by atoms with Gasteiger partial charge in [0.2, 0.25) is 5.91 Å². The van der Waals surface area contributed by atoms with E-state index >= 15 is 0 Å². The van der Waals surface area contributed by atoms with Crippen molar-refractivity contribution in [2.75, 3.05) is 11.9 Å². The van der Waals surface area contributed by atoms with Crippen LogP contribution >= 0.6 is 11.3 Å². The van der Waals surface area contributed by atoms with Gasteiger partial charge in [0.15, 0.2) is 5.13 Å². The fourth-order valence-electron chi connectivity index (χ4n) is 0.849. The van der Waals surface area contributed by atoms with Crippen LogP contribution in [0.1, 0.15) is 25.6 Å². The number of anilines is 1. The number of nitrogens with two attached hydrogens (primary N) is 1. The number of hydrogen-bond acceptors (Lipinski definition) is 4. The number of carbonyl (C=O) groups excluding carboxylic acids is 1. The van der Waals surface area contributed by atoms with Crippen molar-refractivity contribution in [2.45, 2.75) is 26.2 Å². The van der Waals surface area contributed by atoms with Crippen LogP contribution in [-0.4, -0.2) is 17.4 Å². The van der Waals surface area contributed by atoms with Gasteiger partial charge in [-0.1, -0.05) is 20.8 Å². The maximum Gasteiger partial charge on any atom is 0.239 e. The Morgan fingerprint density at radius 1 is 1.64 bits per heavy atom. The van der Waals surface area contributed by atoms with E-state index in [2.05, 4.69) is 31.1 Å². The molecule has 14 heavy (non-hydrogen) atoms. The van der Waals surface area contributed by atoms with Crippen molar-refractivity contribution in [3.05, 3.63) is 11.1 Å². The molecule has 0 aliphatic rings. The monoisotopic (exact) mass is 213 g/mol. The third kappa shape index (κ3) is 2.78. The minimum Gasteiger partial charge on any atom is -0.322 e. The smallest absolute Gasteiger partial charge is 0.239 e. The van der Waals surface area contributed by atoms with Gasteiger partial charge in [0, 0.05) is 11.1 Å². The van der Waals surface area contributed by atoms with Crippen LogP contribution in [0.4, 0.5) is 5.13 Å². The summed E-state index contributed by atoms with van der Waals surface area (Å²) in [4.78, 5) is 16.2. The molecule has 1 heterocycles. The zero-order chi connectivity index (χ0) is 10.8. The fraction of sp³-hybridized carbons (Fsp3) is 0.556. The summed E-state index contributed by atoms with van der Waals surface area (Å²) in [6, 6.07) is 0. The molecule has 0 fully saturated rings. The van der Waals surface area contributed by atoms with E-state index in [1.54, 1.807) is 6.20 Å². The lowest BCUT2D eigenvalue weighted by Gasteiger charge is -2.14. The highest BCUT2D eigenvalue weighted by Gasteiger charge is 2.17. The van der Waals surface area contributed by atoms with Crippen LogP contribution in [0.5, 0.6) is 0 Å². The number of hydrogen-bond donors (Lipinski definition) is 2. The Labute approximate surface area is 87.5 Å². The lowest BCUT2D eigenvalue weighted by Crippen LogP contribution is -2.21. The maximum absolute atomic E-state index is 11.0. The predicted molar refractivity (Wildman–Crippen MR) is 58.5 cm³/mol. The van der Waals surface area contributed by atoms with Crippen LogP contribution in [-0.2, 0) is 10.2 Å². The standard InChI is InChI=1S/C9H15N3OS/c1-9(2,3)6-5-11-8(14-6)12-7(13)4-10/h5H,4,10H2,1-3H3,(H,11,12,13). The molecule has 5 heteroatoms. The minimum atomic E-state index is -0.209. The van der Waals surface area contributed by atoms with E-state index in [1.165, 1.54) is 11.3 Å². The van der Waals surface area contributed by atoms with Crippen molar-refractivity contribution in [2.24, 2.45) is 5.73 Å². The summed E-state index contributed by atoms with van der Waals surface area (Å²) < 4.78 is 0. The first-order valence-electron chi connectivity index (χ1n) is 4.39. The van der Waals surface area contributed by atoms with Crippen molar-refractivity contribution >= 4 is 22.4 Å². The van der Waals surface area contributed by atoms with Gasteiger partial charge in [-0.15, -0.1) is 11.3 Å². The molecule has 1 rings (SSSR count). The van der Waals surface area contributed by atoms with E-state index < -0.39 is 0 Å². The molecule has 0 radical (unpaired) electrons. The third-order valence-corrected chi connectivity index (χ3v) is 3.02. The van der Waals surface area contributed by atoms with Crippen LogP contribution < -0.4 is 11.1 Å². The SMILES string of the molecule is CC(C)(C)c1cnc(NC(=O)CN)s1. The van der Waals surface area contributed by atoms with Gasteiger partial charge >= 0.3 is 0 Å².